The van der Waals surface area contributed by atoms with Gasteiger partial charge in [0.15, 0.2) is 11.5 Å². The highest BCUT2D eigenvalue weighted by Crippen LogP contribution is 2.30. The van der Waals surface area contributed by atoms with E-state index in [4.69, 9.17) is 6.57 Å². The number of aromatic nitrogens is 5. The second-order valence-corrected chi connectivity index (χ2v) is 6.93. The van der Waals surface area contributed by atoms with Gasteiger partial charge in [0.05, 0.1) is 6.57 Å². The fraction of sp³-hybridized carbons (Fsp3) is 0.350. The highest BCUT2D eigenvalue weighted by Gasteiger charge is 2.15. The summed E-state index contributed by atoms with van der Waals surface area (Å²) < 4.78 is 1.93. The molecule has 132 valence electrons. The molecule has 0 fully saturated rings. The zero-order valence-electron chi connectivity index (χ0n) is 15.7. The molecule has 0 aliphatic rings. The highest BCUT2D eigenvalue weighted by molar-refractivity contribution is 5.73. The lowest BCUT2D eigenvalue weighted by atomic mass is 10.1. The summed E-state index contributed by atoms with van der Waals surface area (Å²) in [5, 5.41) is 0. The summed E-state index contributed by atoms with van der Waals surface area (Å²) in [7, 11) is 1.93. The quantitative estimate of drug-likeness (QED) is 0.640. The molecule has 0 N–H and O–H groups in total. The molecule has 2 aromatic heterocycles. The molecule has 26 heavy (non-hydrogen) atoms. The summed E-state index contributed by atoms with van der Waals surface area (Å²) in [6.07, 6.45) is 3.63. The summed E-state index contributed by atoms with van der Waals surface area (Å²) in [5.41, 5.74) is 2.22. The second kappa shape index (κ2) is 7.04. The predicted molar refractivity (Wildman–Crippen MR) is 102 cm³/mol. The topological polar surface area (TPSA) is 60.9 Å². The maximum Gasteiger partial charge on any atom is 0.188 e. The van der Waals surface area contributed by atoms with E-state index in [-0.39, 0.29) is 11.8 Å². The van der Waals surface area contributed by atoms with E-state index in [1.165, 1.54) is 0 Å². The Morgan fingerprint density at radius 3 is 2.04 bits per heavy atom. The Kier molecular flexibility index (Phi) is 4.81. The molecule has 0 spiro atoms. The number of aryl methyl sites for hydroxylation is 1. The van der Waals surface area contributed by atoms with Crippen LogP contribution in [0.4, 0.5) is 5.69 Å². The summed E-state index contributed by atoms with van der Waals surface area (Å²) in [6, 6.07) is 5.65. The van der Waals surface area contributed by atoms with Gasteiger partial charge in [-0.1, -0.05) is 27.7 Å². The van der Waals surface area contributed by atoms with Gasteiger partial charge in [-0.05, 0) is 18.2 Å². The SMILES string of the molecule is [C-]#[N+]c1cc(-c2nc(C(C)C)nc(C(C)C)n2)cc(-c2nccn2C)c1. The summed E-state index contributed by atoms with van der Waals surface area (Å²) in [5.74, 6) is 3.35. The number of benzene rings is 1. The third kappa shape index (κ3) is 3.47. The van der Waals surface area contributed by atoms with E-state index in [1.54, 1.807) is 6.20 Å². The summed E-state index contributed by atoms with van der Waals surface area (Å²) >= 11 is 0. The fourth-order valence-corrected chi connectivity index (χ4v) is 2.63. The van der Waals surface area contributed by atoms with Crippen LogP contribution in [0.3, 0.4) is 0 Å². The van der Waals surface area contributed by atoms with Crippen molar-refractivity contribution in [3.8, 4) is 22.8 Å². The minimum Gasteiger partial charge on any atom is -0.334 e. The van der Waals surface area contributed by atoms with Crippen LogP contribution >= 0.6 is 0 Å². The molecule has 0 aliphatic heterocycles. The van der Waals surface area contributed by atoms with E-state index in [0.29, 0.717) is 11.5 Å². The first kappa shape index (κ1) is 17.7. The van der Waals surface area contributed by atoms with Crippen LogP contribution in [0.15, 0.2) is 30.6 Å². The zero-order valence-corrected chi connectivity index (χ0v) is 15.7. The van der Waals surface area contributed by atoms with Gasteiger partial charge < -0.3 is 4.57 Å². The van der Waals surface area contributed by atoms with Gasteiger partial charge in [-0.25, -0.2) is 24.8 Å². The summed E-state index contributed by atoms with van der Waals surface area (Å²) in [4.78, 5) is 21.9. The Balaban J connectivity index is 2.21. The van der Waals surface area contributed by atoms with Crippen LogP contribution in [0.1, 0.15) is 51.2 Å². The number of rotatable bonds is 4. The normalized spacial score (nSPS) is 11.2. The molecule has 0 radical (unpaired) electrons. The smallest absolute Gasteiger partial charge is 0.188 e. The lowest BCUT2D eigenvalue weighted by Gasteiger charge is -2.12. The maximum absolute atomic E-state index is 7.44. The molecule has 6 nitrogen and oxygen atoms in total. The molecule has 0 unspecified atom stereocenters. The van der Waals surface area contributed by atoms with Gasteiger partial charge in [0.25, 0.3) is 0 Å². The van der Waals surface area contributed by atoms with Crippen molar-refractivity contribution < 1.29 is 0 Å². The van der Waals surface area contributed by atoms with Crippen molar-refractivity contribution in [1.29, 1.82) is 0 Å². The molecule has 2 heterocycles. The van der Waals surface area contributed by atoms with Crippen LogP contribution in [-0.2, 0) is 7.05 Å². The molecule has 0 aliphatic carbocycles. The largest absolute Gasteiger partial charge is 0.334 e. The average Bonchev–Trinajstić information content (AvgIpc) is 3.06. The number of nitrogens with zero attached hydrogens (tertiary/aromatic N) is 6. The van der Waals surface area contributed by atoms with E-state index in [0.717, 1.165) is 28.6 Å². The predicted octanol–water partition coefficient (Wildman–Crippen LogP) is 4.74. The Hall–Kier alpha value is -3.07. The van der Waals surface area contributed by atoms with Gasteiger partial charge in [0.2, 0.25) is 0 Å². The van der Waals surface area contributed by atoms with E-state index >= 15 is 0 Å². The van der Waals surface area contributed by atoms with Crippen molar-refractivity contribution in [2.45, 2.75) is 39.5 Å². The van der Waals surface area contributed by atoms with E-state index < -0.39 is 0 Å². The van der Waals surface area contributed by atoms with Crippen molar-refractivity contribution in [3.05, 3.63) is 53.7 Å². The second-order valence-electron chi connectivity index (χ2n) is 6.93. The Morgan fingerprint density at radius 1 is 0.923 bits per heavy atom. The lowest BCUT2D eigenvalue weighted by Crippen LogP contribution is -2.08. The first-order valence-corrected chi connectivity index (χ1v) is 8.65. The lowest BCUT2D eigenvalue weighted by molar-refractivity contribution is 0.697. The Morgan fingerprint density at radius 2 is 1.54 bits per heavy atom. The van der Waals surface area contributed by atoms with Crippen LogP contribution in [0.25, 0.3) is 27.6 Å². The molecule has 1 aromatic carbocycles. The van der Waals surface area contributed by atoms with Gasteiger partial charge in [0, 0.05) is 42.4 Å². The summed E-state index contributed by atoms with van der Waals surface area (Å²) in [6.45, 7) is 15.7. The van der Waals surface area contributed by atoms with Crippen LogP contribution in [0.5, 0.6) is 0 Å². The molecule has 6 heteroatoms. The molecule has 0 bridgehead atoms. The van der Waals surface area contributed by atoms with Crippen LogP contribution in [0.2, 0.25) is 0 Å². The molecule has 0 saturated carbocycles. The molecule has 3 rings (SSSR count). The first-order chi connectivity index (χ1) is 12.4. The van der Waals surface area contributed by atoms with Gasteiger partial charge >= 0.3 is 0 Å². The molecule has 3 aromatic rings. The fourth-order valence-electron chi connectivity index (χ4n) is 2.63. The van der Waals surface area contributed by atoms with Crippen LogP contribution < -0.4 is 0 Å². The van der Waals surface area contributed by atoms with Crippen molar-refractivity contribution in [3.63, 3.8) is 0 Å². The van der Waals surface area contributed by atoms with Crippen molar-refractivity contribution in [2.24, 2.45) is 7.05 Å². The van der Waals surface area contributed by atoms with Crippen LogP contribution in [0, 0.1) is 6.57 Å². The molecular formula is C20H22N6. The minimum atomic E-state index is 0.201. The Bertz CT molecular complexity index is 952. The van der Waals surface area contributed by atoms with Gasteiger partial charge in [0.1, 0.15) is 17.5 Å². The maximum atomic E-state index is 7.44. The highest BCUT2D eigenvalue weighted by atomic mass is 15.0. The number of imidazole rings is 1. The standard InChI is InChI=1S/C20H22N6/c1-12(2)17-23-18(13(3)4)25-19(24-17)14-9-15(11-16(10-14)21-5)20-22-7-8-26(20)6/h7-13H,1-4,6H3. The van der Waals surface area contributed by atoms with E-state index in [1.807, 2.05) is 36.0 Å². The molecule has 0 saturated heterocycles. The van der Waals surface area contributed by atoms with Crippen LogP contribution in [-0.4, -0.2) is 24.5 Å². The molecular weight excluding hydrogens is 324 g/mol. The van der Waals surface area contributed by atoms with Crippen molar-refractivity contribution in [1.82, 2.24) is 24.5 Å². The molecule has 0 amide bonds. The van der Waals surface area contributed by atoms with E-state index in [2.05, 4.69) is 52.5 Å². The minimum absolute atomic E-state index is 0.201. The van der Waals surface area contributed by atoms with Crippen molar-refractivity contribution >= 4 is 5.69 Å². The third-order valence-electron chi connectivity index (χ3n) is 4.09. The molecule has 0 atom stereocenters. The number of hydrogen-bond acceptors (Lipinski definition) is 4. The number of hydrogen-bond donors (Lipinski definition) is 0. The van der Waals surface area contributed by atoms with E-state index in [9.17, 15) is 0 Å². The van der Waals surface area contributed by atoms with Gasteiger partial charge in [-0.2, -0.15) is 0 Å². The average molecular weight is 346 g/mol. The monoisotopic (exact) mass is 346 g/mol. The zero-order chi connectivity index (χ0) is 18.8. The first-order valence-electron chi connectivity index (χ1n) is 8.65. The van der Waals surface area contributed by atoms with Crippen molar-refractivity contribution in [2.75, 3.05) is 0 Å². The third-order valence-corrected chi connectivity index (χ3v) is 4.09. The Labute approximate surface area is 153 Å². The van der Waals surface area contributed by atoms with Gasteiger partial charge in [-0.15, -0.1) is 0 Å². The van der Waals surface area contributed by atoms with Gasteiger partial charge in [-0.3, -0.25) is 0 Å².